The van der Waals surface area contributed by atoms with Crippen LogP contribution in [0.2, 0.25) is 0 Å². The summed E-state index contributed by atoms with van der Waals surface area (Å²) < 4.78 is 0. The van der Waals surface area contributed by atoms with Gasteiger partial charge in [-0.25, -0.2) is 0 Å². The van der Waals surface area contributed by atoms with Gasteiger partial charge in [-0.05, 0) is 18.9 Å². The number of amides is 1. The lowest BCUT2D eigenvalue weighted by atomic mass is 9.98. The van der Waals surface area contributed by atoms with Crippen molar-refractivity contribution < 1.29 is 4.79 Å². The number of hydrogen-bond acceptors (Lipinski definition) is 2. The zero-order valence-electron chi connectivity index (χ0n) is 6.27. The second kappa shape index (κ2) is 2.33. The lowest BCUT2D eigenvalue weighted by Crippen LogP contribution is -2.37. The normalized spacial score (nSPS) is 26.6. The highest BCUT2D eigenvalue weighted by molar-refractivity contribution is 5.81. The summed E-state index contributed by atoms with van der Waals surface area (Å²) in [5.41, 5.74) is 6.55. The van der Waals surface area contributed by atoms with Gasteiger partial charge in [0.05, 0.1) is 0 Å². The number of allylic oxidation sites excluding steroid dienone is 1. The van der Waals surface area contributed by atoms with Crippen molar-refractivity contribution in [2.45, 2.75) is 20.3 Å². The second-order valence-corrected chi connectivity index (χ2v) is 2.79. The Balaban J connectivity index is 2.79. The van der Waals surface area contributed by atoms with Crippen LogP contribution in [0.4, 0.5) is 0 Å². The highest BCUT2D eigenvalue weighted by Gasteiger charge is 2.19. The minimum atomic E-state index is 0.0306. The highest BCUT2D eigenvalue weighted by Crippen LogP contribution is 2.16. The van der Waals surface area contributed by atoms with Gasteiger partial charge in [-0.15, -0.1) is 0 Å². The fraction of sp³-hybridized carbons (Fsp3) is 0.571. The standard InChI is InChI=1S/C7H12N2O/c1-4-3-5(2)7(10)9-6(4)8/h5H,3,8H2,1-2H3,(H,9,10). The van der Waals surface area contributed by atoms with E-state index in [4.69, 9.17) is 5.73 Å². The summed E-state index contributed by atoms with van der Waals surface area (Å²) in [7, 11) is 0. The molecule has 0 radical (unpaired) electrons. The Bertz CT molecular complexity index is 196. The molecule has 1 rings (SSSR count). The molecule has 0 spiro atoms. The molecule has 0 fully saturated rings. The zero-order valence-corrected chi connectivity index (χ0v) is 6.27. The lowest BCUT2D eigenvalue weighted by molar-refractivity contribution is -0.124. The Morgan fingerprint density at radius 1 is 1.70 bits per heavy atom. The zero-order chi connectivity index (χ0) is 7.72. The molecule has 0 aromatic rings. The van der Waals surface area contributed by atoms with Crippen LogP contribution in [0.1, 0.15) is 20.3 Å². The fourth-order valence-electron chi connectivity index (χ4n) is 1.02. The molecule has 56 valence electrons. The predicted octanol–water partition coefficient (Wildman–Crippen LogP) is 0.333. The average molecular weight is 140 g/mol. The molecule has 1 aliphatic rings. The maximum atomic E-state index is 10.9. The number of nitrogens with two attached hydrogens (primary N) is 1. The summed E-state index contributed by atoms with van der Waals surface area (Å²) in [4.78, 5) is 10.9. The van der Waals surface area contributed by atoms with E-state index in [1.807, 2.05) is 13.8 Å². The molecule has 0 bridgehead atoms. The third-order valence-corrected chi connectivity index (χ3v) is 1.78. The van der Waals surface area contributed by atoms with Gasteiger partial charge in [0, 0.05) is 5.92 Å². The molecular weight excluding hydrogens is 128 g/mol. The first-order valence-electron chi connectivity index (χ1n) is 3.37. The van der Waals surface area contributed by atoms with E-state index in [0.29, 0.717) is 5.82 Å². The van der Waals surface area contributed by atoms with Crippen LogP contribution in [0.3, 0.4) is 0 Å². The van der Waals surface area contributed by atoms with Crippen LogP contribution in [0, 0.1) is 5.92 Å². The fourth-order valence-corrected chi connectivity index (χ4v) is 1.02. The number of carbonyl (C=O) groups excluding carboxylic acids is 1. The third-order valence-electron chi connectivity index (χ3n) is 1.78. The second-order valence-electron chi connectivity index (χ2n) is 2.79. The number of carbonyl (C=O) groups is 1. The topological polar surface area (TPSA) is 55.1 Å². The van der Waals surface area contributed by atoms with Gasteiger partial charge in [-0.3, -0.25) is 4.79 Å². The quantitative estimate of drug-likeness (QED) is 0.509. The maximum Gasteiger partial charge on any atom is 0.228 e. The van der Waals surface area contributed by atoms with Gasteiger partial charge in [0.25, 0.3) is 0 Å². The average Bonchev–Trinajstić information content (AvgIpc) is 1.84. The third kappa shape index (κ3) is 1.12. The van der Waals surface area contributed by atoms with Crippen LogP contribution < -0.4 is 11.1 Å². The summed E-state index contributed by atoms with van der Waals surface area (Å²) in [6, 6.07) is 0. The van der Waals surface area contributed by atoms with Crippen LogP contribution in [0.25, 0.3) is 0 Å². The molecule has 3 N–H and O–H groups in total. The van der Waals surface area contributed by atoms with Gasteiger partial charge in [-0.2, -0.15) is 0 Å². The molecule has 1 amide bonds. The van der Waals surface area contributed by atoms with E-state index in [-0.39, 0.29) is 11.8 Å². The Labute approximate surface area is 60.3 Å². The van der Waals surface area contributed by atoms with Gasteiger partial charge in [0.15, 0.2) is 0 Å². The van der Waals surface area contributed by atoms with Gasteiger partial charge >= 0.3 is 0 Å². The van der Waals surface area contributed by atoms with E-state index in [2.05, 4.69) is 5.32 Å². The Morgan fingerprint density at radius 2 is 2.30 bits per heavy atom. The molecule has 1 unspecified atom stereocenters. The largest absolute Gasteiger partial charge is 0.385 e. The summed E-state index contributed by atoms with van der Waals surface area (Å²) >= 11 is 0. The van der Waals surface area contributed by atoms with Crippen LogP contribution in [-0.4, -0.2) is 5.91 Å². The SMILES string of the molecule is CC1=C(N)NC(=O)C(C)C1. The lowest BCUT2D eigenvalue weighted by Gasteiger charge is -2.20. The van der Waals surface area contributed by atoms with E-state index < -0.39 is 0 Å². The summed E-state index contributed by atoms with van der Waals surface area (Å²) in [5, 5.41) is 2.60. The minimum absolute atomic E-state index is 0.0306. The van der Waals surface area contributed by atoms with E-state index in [9.17, 15) is 4.79 Å². The predicted molar refractivity (Wildman–Crippen MR) is 38.8 cm³/mol. The van der Waals surface area contributed by atoms with Crippen molar-refractivity contribution in [3.8, 4) is 0 Å². The van der Waals surface area contributed by atoms with Gasteiger partial charge in [0.1, 0.15) is 5.82 Å². The molecule has 0 saturated carbocycles. The van der Waals surface area contributed by atoms with Crippen molar-refractivity contribution in [2.75, 3.05) is 0 Å². The van der Waals surface area contributed by atoms with Gasteiger partial charge in [-0.1, -0.05) is 6.92 Å². The number of nitrogens with one attached hydrogen (secondary N) is 1. The van der Waals surface area contributed by atoms with E-state index >= 15 is 0 Å². The molecule has 0 saturated heterocycles. The van der Waals surface area contributed by atoms with Crippen LogP contribution in [-0.2, 0) is 4.79 Å². The number of rotatable bonds is 0. The van der Waals surface area contributed by atoms with Crippen molar-refractivity contribution in [2.24, 2.45) is 11.7 Å². The monoisotopic (exact) mass is 140 g/mol. The molecule has 0 aromatic carbocycles. The van der Waals surface area contributed by atoms with Crippen LogP contribution >= 0.6 is 0 Å². The molecule has 1 aliphatic heterocycles. The molecular formula is C7H12N2O. The molecule has 1 atom stereocenters. The minimum Gasteiger partial charge on any atom is -0.385 e. The summed E-state index contributed by atoms with van der Waals surface area (Å²) in [5.74, 6) is 0.638. The highest BCUT2D eigenvalue weighted by atomic mass is 16.2. The molecule has 0 aliphatic carbocycles. The van der Waals surface area contributed by atoms with Crippen LogP contribution in [0.15, 0.2) is 11.4 Å². The first-order valence-corrected chi connectivity index (χ1v) is 3.37. The van der Waals surface area contributed by atoms with Crippen molar-refractivity contribution >= 4 is 5.91 Å². The molecule has 3 nitrogen and oxygen atoms in total. The van der Waals surface area contributed by atoms with Crippen molar-refractivity contribution in [3.63, 3.8) is 0 Å². The summed E-state index contributed by atoms with van der Waals surface area (Å²) in [6.45, 7) is 3.83. The molecule has 0 aromatic heterocycles. The van der Waals surface area contributed by atoms with Crippen molar-refractivity contribution in [1.82, 2.24) is 5.32 Å². The molecule has 10 heavy (non-hydrogen) atoms. The summed E-state index contributed by atoms with van der Waals surface area (Å²) in [6.07, 6.45) is 0.789. The Morgan fingerprint density at radius 3 is 2.80 bits per heavy atom. The first-order chi connectivity index (χ1) is 4.61. The van der Waals surface area contributed by atoms with E-state index in [0.717, 1.165) is 12.0 Å². The molecule has 1 heterocycles. The van der Waals surface area contributed by atoms with Crippen molar-refractivity contribution in [1.29, 1.82) is 0 Å². The first kappa shape index (κ1) is 7.12. The van der Waals surface area contributed by atoms with E-state index in [1.54, 1.807) is 0 Å². The van der Waals surface area contributed by atoms with Crippen molar-refractivity contribution in [3.05, 3.63) is 11.4 Å². The molecule has 3 heteroatoms. The smallest absolute Gasteiger partial charge is 0.228 e. The van der Waals surface area contributed by atoms with Crippen LogP contribution in [0.5, 0.6) is 0 Å². The van der Waals surface area contributed by atoms with E-state index in [1.165, 1.54) is 0 Å². The maximum absolute atomic E-state index is 10.9. The Kier molecular flexibility index (Phi) is 1.66. The number of hydrogen-bond donors (Lipinski definition) is 2. The van der Waals surface area contributed by atoms with Gasteiger partial charge < -0.3 is 11.1 Å². The Hall–Kier alpha value is -0.990. The van der Waals surface area contributed by atoms with Gasteiger partial charge in [0.2, 0.25) is 5.91 Å².